The Bertz CT molecular complexity index is 231. The molecule has 2 heteroatoms. The number of rotatable bonds is 3. The smallest absolute Gasteiger partial charge is 0.0819 e. The molecule has 1 nitrogen and oxygen atoms in total. The summed E-state index contributed by atoms with van der Waals surface area (Å²) in [6.07, 6.45) is 0. The predicted octanol–water partition coefficient (Wildman–Crippen LogP) is 2.05. The van der Waals surface area contributed by atoms with Crippen molar-refractivity contribution in [3.8, 4) is 0 Å². The topological polar surface area (TPSA) is 9.23 Å². The van der Waals surface area contributed by atoms with Gasteiger partial charge in [0.05, 0.1) is 6.61 Å². The van der Waals surface area contributed by atoms with E-state index in [2.05, 4.69) is 0 Å². The lowest BCUT2D eigenvalue weighted by atomic mass is 10.2. The van der Waals surface area contributed by atoms with Crippen LogP contribution in [0, 0.1) is 0 Å². The molecule has 0 saturated heterocycles. The molecule has 11 heavy (non-hydrogen) atoms. The largest absolute Gasteiger partial charge is 0.379 e. The molecule has 0 aliphatic heterocycles. The second-order valence-corrected chi connectivity index (χ2v) is 2.72. The summed E-state index contributed by atoms with van der Waals surface area (Å²) in [5, 5.41) is 0. The first-order chi connectivity index (χ1) is 5.34. The van der Waals surface area contributed by atoms with Crippen molar-refractivity contribution in [2.45, 2.75) is 0 Å². The molecule has 0 N–H and O–H groups in total. The highest BCUT2D eigenvalue weighted by atomic mass is 32.1. The monoisotopic (exact) mass is 166 g/mol. The highest BCUT2D eigenvalue weighted by molar-refractivity contribution is 7.80. The molecular weight excluding hydrogens is 156 g/mol. The summed E-state index contributed by atoms with van der Waals surface area (Å²) in [6, 6.07) is 9.89. The summed E-state index contributed by atoms with van der Waals surface area (Å²) in [6.45, 7) is 0.527. The Labute approximate surface area is 72.0 Å². The van der Waals surface area contributed by atoms with E-state index in [0.717, 1.165) is 10.4 Å². The maximum Gasteiger partial charge on any atom is 0.0819 e. The highest BCUT2D eigenvalue weighted by Crippen LogP contribution is 2.00. The Morgan fingerprint density at radius 1 is 1.36 bits per heavy atom. The third kappa shape index (κ3) is 2.41. The number of hydrogen-bond acceptors (Lipinski definition) is 2. The van der Waals surface area contributed by atoms with Gasteiger partial charge in [-0.2, -0.15) is 0 Å². The third-order valence-electron chi connectivity index (χ3n) is 1.37. The average molecular weight is 166 g/mol. The van der Waals surface area contributed by atoms with Gasteiger partial charge in [0, 0.05) is 12.0 Å². The first-order valence-corrected chi connectivity index (χ1v) is 3.82. The average Bonchev–Trinajstić information content (AvgIpc) is 2.07. The van der Waals surface area contributed by atoms with Crippen molar-refractivity contribution < 1.29 is 4.74 Å². The number of hydrogen-bond donors (Lipinski definition) is 0. The van der Waals surface area contributed by atoms with Crippen LogP contribution in [0.3, 0.4) is 0 Å². The van der Waals surface area contributed by atoms with Crippen molar-refractivity contribution in [3.05, 3.63) is 35.9 Å². The molecule has 0 fully saturated rings. The van der Waals surface area contributed by atoms with E-state index < -0.39 is 0 Å². The van der Waals surface area contributed by atoms with E-state index in [-0.39, 0.29) is 0 Å². The van der Waals surface area contributed by atoms with Gasteiger partial charge in [0.15, 0.2) is 0 Å². The van der Waals surface area contributed by atoms with Gasteiger partial charge in [-0.1, -0.05) is 42.5 Å². The fourth-order valence-electron chi connectivity index (χ4n) is 0.838. The van der Waals surface area contributed by atoms with Gasteiger partial charge in [-0.15, -0.1) is 0 Å². The van der Waals surface area contributed by atoms with E-state index >= 15 is 0 Å². The molecule has 1 aromatic rings. The molecule has 0 bridgehead atoms. The minimum atomic E-state index is 0.527. The van der Waals surface area contributed by atoms with E-state index in [0.29, 0.717) is 6.61 Å². The van der Waals surface area contributed by atoms with Crippen LogP contribution in [0.15, 0.2) is 30.3 Å². The molecule has 0 aromatic heterocycles. The molecule has 58 valence electrons. The van der Waals surface area contributed by atoms with Gasteiger partial charge < -0.3 is 4.74 Å². The van der Waals surface area contributed by atoms with Crippen molar-refractivity contribution in [1.82, 2.24) is 0 Å². The van der Waals surface area contributed by atoms with Gasteiger partial charge in [0.1, 0.15) is 0 Å². The minimum Gasteiger partial charge on any atom is -0.379 e. The van der Waals surface area contributed by atoms with E-state index in [9.17, 15) is 0 Å². The Hall–Kier alpha value is -0.730. The van der Waals surface area contributed by atoms with Crippen LogP contribution >= 0.6 is 12.2 Å². The van der Waals surface area contributed by atoms with Crippen LogP contribution in [0.1, 0.15) is 5.56 Å². The minimum absolute atomic E-state index is 0.527. The Morgan fingerprint density at radius 3 is 2.55 bits per heavy atom. The Kier molecular flexibility index (Phi) is 3.20. The van der Waals surface area contributed by atoms with E-state index in [4.69, 9.17) is 17.0 Å². The molecule has 0 aliphatic rings. The molecule has 0 aliphatic carbocycles. The molecule has 0 unspecified atom stereocenters. The fraction of sp³-hybridized carbons (Fsp3) is 0.222. The van der Waals surface area contributed by atoms with Crippen molar-refractivity contribution in [2.24, 2.45) is 0 Å². The first kappa shape index (κ1) is 8.37. The van der Waals surface area contributed by atoms with Gasteiger partial charge in [-0.25, -0.2) is 0 Å². The summed E-state index contributed by atoms with van der Waals surface area (Å²) in [5.74, 6) is 0. The van der Waals surface area contributed by atoms with Crippen LogP contribution in [0.5, 0.6) is 0 Å². The summed E-state index contributed by atoms with van der Waals surface area (Å²) in [7, 11) is 1.65. The number of methoxy groups -OCH3 is 1. The predicted molar refractivity (Wildman–Crippen MR) is 50.0 cm³/mol. The van der Waals surface area contributed by atoms with Crippen LogP contribution in [-0.4, -0.2) is 18.6 Å². The van der Waals surface area contributed by atoms with Gasteiger partial charge in [0.2, 0.25) is 0 Å². The molecule has 0 radical (unpaired) electrons. The zero-order chi connectivity index (χ0) is 8.10. The normalized spacial score (nSPS) is 9.55. The Morgan fingerprint density at radius 2 is 2.00 bits per heavy atom. The van der Waals surface area contributed by atoms with Gasteiger partial charge in [-0.3, -0.25) is 0 Å². The summed E-state index contributed by atoms with van der Waals surface area (Å²) in [5.41, 5.74) is 1.07. The van der Waals surface area contributed by atoms with Gasteiger partial charge in [-0.05, 0) is 5.56 Å². The summed E-state index contributed by atoms with van der Waals surface area (Å²) in [4.78, 5) is 0.855. The molecule has 0 atom stereocenters. The van der Waals surface area contributed by atoms with Crippen molar-refractivity contribution in [1.29, 1.82) is 0 Å². The van der Waals surface area contributed by atoms with E-state index in [1.165, 1.54) is 0 Å². The molecule has 1 rings (SSSR count). The first-order valence-electron chi connectivity index (χ1n) is 3.42. The van der Waals surface area contributed by atoms with Crippen LogP contribution in [0.2, 0.25) is 0 Å². The van der Waals surface area contributed by atoms with Crippen molar-refractivity contribution in [2.75, 3.05) is 13.7 Å². The van der Waals surface area contributed by atoms with Crippen LogP contribution in [0.25, 0.3) is 0 Å². The summed E-state index contributed by atoms with van der Waals surface area (Å²) < 4.78 is 4.92. The maximum atomic E-state index is 5.09. The third-order valence-corrected chi connectivity index (χ3v) is 1.72. The maximum absolute atomic E-state index is 5.09. The lowest BCUT2D eigenvalue weighted by Crippen LogP contribution is -2.04. The zero-order valence-corrected chi connectivity index (χ0v) is 7.23. The Balaban J connectivity index is 2.69. The van der Waals surface area contributed by atoms with Crippen LogP contribution in [0.4, 0.5) is 0 Å². The quantitative estimate of drug-likeness (QED) is 0.502. The molecular formula is C9H10OS. The zero-order valence-electron chi connectivity index (χ0n) is 6.41. The molecule has 0 saturated carbocycles. The molecule has 0 amide bonds. The highest BCUT2D eigenvalue weighted by Gasteiger charge is 1.97. The number of thiocarbonyl (C=S) groups is 1. The molecule has 0 heterocycles. The van der Waals surface area contributed by atoms with Crippen LogP contribution < -0.4 is 0 Å². The SMILES string of the molecule is COCC(=S)c1ccccc1. The second kappa shape index (κ2) is 4.21. The fourth-order valence-corrected chi connectivity index (χ4v) is 1.09. The van der Waals surface area contributed by atoms with Crippen molar-refractivity contribution in [3.63, 3.8) is 0 Å². The van der Waals surface area contributed by atoms with Crippen LogP contribution in [-0.2, 0) is 4.74 Å². The number of benzene rings is 1. The standard InChI is InChI=1S/C9H10OS/c1-10-7-9(11)8-5-3-2-4-6-8/h2-6H,7H2,1H3. The van der Waals surface area contributed by atoms with E-state index in [1.54, 1.807) is 7.11 Å². The second-order valence-electron chi connectivity index (χ2n) is 2.22. The lowest BCUT2D eigenvalue weighted by Gasteiger charge is -2.00. The van der Waals surface area contributed by atoms with Gasteiger partial charge >= 0.3 is 0 Å². The molecule has 0 spiro atoms. The van der Waals surface area contributed by atoms with Gasteiger partial charge in [0.25, 0.3) is 0 Å². The number of ether oxygens (including phenoxy) is 1. The lowest BCUT2D eigenvalue weighted by molar-refractivity contribution is 0.247. The van der Waals surface area contributed by atoms with Crippen molar-refractivity contribution >= 4 is 17.1 Å². The van der Waals surface area contributed by atoms with E-state index in [1.807, 2.05) is 30.3 Å². The summed E-state index contributed by atoms with van der Waals surface area (Å²) >= 11 is 5.09. The molecule has 1 aromatic carbocycles.